The van der Waals surface area contributed by atoms with Crippen molar-refractivity contribution in [2.75, 3.05) is 6.54 Å². The van der Waals surface area contributed by atoms with Crippen molar-refractivity contribution in [2.45, 2.75) is 13.0 Å². The first-order valence-electron chi connectivity index (χ1n) is 9.25. The summed E-state index contributed by atoms with van der Waals surface area (Å²) in [6, 6.07) is 20.5. The number of rotatable bonds is 9. The second-order valence-electron chi connectivity index (χ2n) is 6.45. The quantitative estimate of drug-likeness (QED) is 0.469. The lowest BCUT2D eigenvalue weighted by Crippen LogP contribution is -2.29. The molecule has 3 aromatic rings. The van der Waals surface area contributed by atoms with E-state index in [0.29, 0.717) is 11.5 Å². The van der Waals surface area contributed by atoms with Crippen LogP contribution in [-0.2, 0) is 21.4 Å². The molecule has 0 atom stereocenters. The zero-order chi connectivity index (χ0) is 21.4. The SMILES string of the molecule is O=C(CCNS(=O)(=O)/C=C/c1ccccc1)NCc1ccc(-c2ccc(Br)cc2)o1. The van der Waals surface area contributed by atoms with E-state index in [1.165, 1.54) is 6.08 Å². The highest BCUT2D eigenvalue weighted by Crippen LogP contribution is 2.23. The van der Waals surface area contributed by atoms with Gasteiger partial charge in [-0.3, -0.25) is 4.79 Å². The molecule has 0 spiro atoms. The maximum Gasteiger partial charge on any atom is 0.233 e. The highest BCUT2D eigenvalue weighted by atomic mass is 79.9. The Morgan fingerprint density at radius 2 is 1.73 bits per heavy atom. The first-order chi connectivity index (χ1) is 14.4. The molecule has 0 fully saturated rings. The number of amides is 1. The summed E-state index contributed by atoms with van der Waals surface area (Å²) in [6.45, 7) is 0.242. The summed E-state index contributed by atoms with van der Waals surface area (Å²) in [4.78, 5) is 12.0. The van der Waals surface area contributed by atoms with E-state index < -0.39 is 10.0 Å². The van der Waals surface area contributed by atoms with E-state index in [1.807, 2.05) is 48.5 Å². The molecular formula is C22H21BrN2O4S. The number of carbonyl (C=O) groups excluding carboxylic acids is 1. The fourth-order valence-electron chi connectivity index (χ4n) is 2.60. The van der Waals surface area contributed by atoms with Crippen LogP contribution in [0, 0.1) is 0 Å². The van der Waals surface area contributed by atoms with Crippen molar-refractivity contribution in [3.05, 3.63) is 87.9 Å². The van der Waals surface area contributed by atoms with Gasteiger partial charge in [0.1, 0.15) is 11.5 Å². The molecule has 2 N–H and O–H groups in total. The van der Waals surface area contributed by atoms with Crippen LogP contribution < -0.4 is 10.0 Å². The van der Waals surface area contributed by atoms with Crippen LogP contribution in [0.25, 0.3) is 17.4 Å². The summed E-state index contributed by atoms with van der Waals surface area (Å²) in [5.41, 5.74) is 1.72. The molecular weight excluding hydrogens is 468 g/mol. The van der Waals surface area contributed by atoms with E-state index in [0.717, 1.165) is 21.0 Å². The summed E-state index contributed by atoms with van der Waals surface area (Å²) < 4.78 is 33.1. The average Bonchev–Trinajstić information content (AvgIpc) is 3.21. The predicted octanol–water partition coefficient (Wildman–Crippen LogP) is 4.31. The predicted molar refractivity (Wildman–Crippen MR) is 121 cm³/mol. The summed E-state index contributed by atoms with van der Waals surface area (Å²) in [5, 5.41) is 3.81. The number of hydrogen-bond donors (Lipinski definition) is 2. The number of furan rings is 1. The van der Waals surface area contributed by atoms with Crippen molar-refractivity contribution in [2.24, 2.45) is 0 Å². The molecule has 0 unspecified atom stereocenters. The third kappa shape index (κ3) is 6.98. The van der Waals surface area contributed by atoms with Gasteiger partial charge in [-0.2, -0.15) is 0 Å². The van der Waals surface area contributed by atoms with Crippen LogP contribution in [0.5, 0.6) is 0 Å². The van der Waals surface area contributed by atoms with Gasteiger partial charge < -0.3 is 9.73 Å². The fourth-order valence-corrected chi connectivity index (χ4v) is 3.69. The lowest BCUT2D eigenvalue weighted by Gasteiger charge is -2.05. The Hall–Kier alpha value is -2.68. The standard InChI is InChI=1S/C22H21BrN2O4S/c23-19-8-6-18(7-9-19)21-11-10-20(29-21)16-24-22(26)12-14-25-30(27,28)15-13-17-4-2-1-3-5-17/h1-11,13,15,25H,12,14,16H2,(H,24,26)/b15-13+. The smallest absolute Gasteiger partial charge is 0.233 e. The summed E-state index contributed by atoms with van der Waals surface area (Å²) in [5.74, 6) is 1.06. The molecule has 30 heavy (non-hydrogen) atoms. The minimum atomic E-state index is -3.61. The molecule has 0 aliphatic rings. The van der Waals surface area contributed by atoms with Crippen LogP contribution in [0.2, 0.25) is 0 Å². The van der Waals surface area contributed by atoms with Gasteiger partial charge in [0.15, 0.2) is 0 Å². The Kier molecular flexibility index (Phi) is 7.62. The largest absolute Gasteiger partial charge is 0.459 e. The summed E-state index contributed by atoms with van der Waals surface area (Å²) in [7, 11) is -3.61. The number of hydrogen-bond acceptors (Lipinski definition) is 4. The second-order valence-corrected chi connectivity index (χ2v) is 9.02. The van der Waals surface area contributed by atoms with Gasteiger partial charge in [0.2, 0.25) is 15.9 Å². The molecule has 3 rings (SSSR count). The first-order valence-corrected chi connectivity index (χ1v) is 11.6. The van der Waals surface area contributed by atoms with Gasteiger partial charge in [0.05, 0.1) is 6.54 Å². The Labute approximate surface area is 184 Å². The molecule has 1 aromatic heterocycles. The van der Waals surface area contributed by atoms with Crippen LogP contribution in [-0.4, -0.2) is 20.9 Å². The monoisotopic (exact) mass is 488 g/mol. The maximum atomic E-state index is 12.0. The Balaban J connectivity index is 1.42. The van der Waals surface area contributed by atoms with E-state index in [4.69, 9.17) is 4.42 Å². The van der Waals surface area contributed by atoms with Crippen LogP contribution >= 0.6 is 15.9 Å². The Morgan fingerprint density at radius 1 is 1.00 bits per heavy atom. The zero-order valence-corrected chi connectivity index (χ0v) is 18.4. The third-order valence-electron chi connectivity index (χ3n) is 4.14. The van der Waals surface area contributed by atoms with Crippen molar-refractivity contribution in [1.82, 2.24) is 10.0 Å². The van der Waals surface area contributed by atoms with Crippen molar-refractivity contribution < 1.29 is 17.6 Å². The molecule has 0 radical (unpaired) electrons. The zero-order valence-electron chi connectivity index (χ0n) is 16.0. The number of carbonyl (C=O) groups is 1. The van der Waals surface area contributed by atoms with Crippen molar-refractivity contribution in [3.63, 3.8) is 0 Å². The van der Waals surface area contributed by atoms with Gasteiger partial charge in [0.25, 0.3) is 0 Å². The van der Waals surface area contributed by atoms with Gasteiger partial charge in [0, 0.05) is 28.4 Å². The van der Waals surface area contributed by atoms with Crippen molar-refractivity contribution in [1.29, 1.82) is 0 Å². The lowest BCUT2D eigenvalue weighted by atomic mass is 10.2. The minimum absolute atomic E-state index is 0.00952. The van der Waals surface area contributed by atoms with Crippen molar-refractivity contribution >= 4 is 37.9 Å². The average molecular weight is 489 g/mol. The van der Waals surface area contributed by atoms with Gasteiger partial charge in [-0.25, -0.2) is 13.1 Å². The Bertz CT molecular complexity index is 1110. The molecule has 8 heteroatoms. The molecule has 0 bridgehead atoms. The van der Waals surface area contributed by atoms with Crippen LogP contribution in [0.15, 0.2) is 81.0 Å². The first kappa shape index (κ1) is 22.0. The van der Waals surface area contributed by atoms with E-state index in [9.17, 15) is 13.2 Å². The van der Waals surface area contributed by atoms with Crippen LogP contribution in [0.4, 0.5) is 0 Å². The number of benzene rings is 2. The molecule has 0 aliphatic heterocycles. The van der Waals surface area contributed by atoms with Crippen molar-refractivity contribution in [3.8, 4) is 11.3 Å². The molecule has 1 amide bonds. The summed E-state index contributed by atoms with van der Waals surface area (Å²) in [6.07, 6.45) is 1.53. The number of halogens is 1. The molecule has 2 aromatic carbocycles. The van der Waals surface area contributed by atoms with E-state index in [1.54, 1.807) is 18.2 Å². The van der Waals surface area contributed by atoms with E-state index in [-0.39, 0.29) is 25.4 Å². The van der Waals surface area contributed by atoms with Gasteiger partial charge >= 0.3 is 0 Å². The fraction of sp³-hybridized carbons (Fsp3) is 0.136. The van der Waals surface area contributed by atoms with Crippen LogP contribution in [0.3, 0.4) is 0 Å². The molecule has 0 saturated heterocycles. The normalized spacial score (nSPS) is 11.6. The Morgan fingerprint density at radius 3 is 2.47 bits per heavy atom. The molecule has 6 nitrogen and oxygen atoms in total. The lowest BCUT2D eigenvalue weighted by molar-refractivity contribution is -0.121. The van der Waals surface area contributed by atoms with E-state index >= 15 is 0 Å². The molecule has 1 heterocycles. The minimum Gasteiger partial charge on any atom is -0.459 e. The molecule has 156 valence electrons. The second kappa shape index (κ2) is 10.4. The van der Waals surface area contributed by atoms with Crippen LogP contribution in [0.1, 0.15) is 17.7 Å². The summed E-state index contributed by atoms with van der Waals surface area (Å²) >= 11 is 3.39. The maximum absolute atomic E-state index is 12.0. The highest BCUT2D eigenvalue weighted by Gasteiger charge is 2.09. The van der Waals surface area contributed by atoms with Gasteiger partial charge in [-0.15, -0.1) is 0 Å². The topological polar surface area (TPSA) is 88.4 Å². The molecule has 0 saturated carbocycles. The molecule has 0 aliphatic carbocycles. The highest BCUT2D eigenvalue weighted by molar-refractivity contribution is 9.10. The third-order valence-corrected chi connectivity index (χ3v) is 5.77. The van der Waals surface area contributed by atoms with E-state index in [2.05, 4.69) is 26.0 Å². The van der Waals surface area contributed by atoms with Gasteiger partial charge in [-0.1, -0.05) is 58.4 Å². The van der Waals surface area contributed by atoms with Gasteiger partial charge in [-0.05, 0) is 35.9 Å². The number of nitrogens with one attached hydrogen (secondary N) is 2. The number of sulfonamides is 1.